The number of nitrogens with zero attached hydrogens (tertiary/aromatic N) is 1. The summed E-state index contributed by atoms with van der Waals surface area (Å²) >= 11 is 12.4. The van der Waals surface area contributed by atoms with E-state index in [2.05, 4.69) is 4.37 Å². The first kappa shape index (κ1) is 8.27. The number of hydrogen-bond donors (Lipinski definition) is 1. The molecule has 0 atom stereocenters. The highest BCUT2D eigenvalue weighted by atomic mass is 35.5. The van der Waals surface area contributed by atoms with E-state index in [9.17, 15) is 0 Å². The van der Waals surface area contributed by atoms with Gasteiger partial charge < -0.3 is 5.11 Å². The summed E-state index contributed by atoms with van der Waals surface area (Å²) in [4.78, 5) is 0. The zero-order valence-corrected chi connectivity index (χ0v) is 7.30. The van der Waals surface area contributed by atoms with Gasteiger partial charge in [-0.25, -0.2) is 0 Å². The van der Waals surface area contributed by atoms with Gasteiger partial charge in [-0.1, -0.05) is 23.2 Å². The van der Waals surface area contributed by atoms with E-state index in [1.165, 1.54) is 0 Å². The number of aliphatic hydroxyl groups excluding tert-OH is 1. The SMILES string of the molecule is OCCc1nsc(Cl)c1Cl. The monoisotopic (exact) mass is 197 g/mol. The molecule has 0 saturated heterocycles. The van der Waals surface area contributed by atoms with Gasteiger partial charge in [0.2, 0.25) is 0 Å². The lowest BCUT2D eigenvalue weighted by molar-refractivity contribution is 0.298. The molecular formula is C5H5Cl2NOS. The van der Waals surface area contributed by atoms with Crippen molar-refractivity contribution >= 4 is 34.7 Å². The Bertz CT molecular complexity index is 225. The standard InChI is InChI=1S/C5H5Cl2NOS/c6-4-3(1-2-9)8-10-5(4)7/h9H,1-2H2. The average molecular weight is 198 g/mol. The van der Waals surface area contributed by atoms with Crippen molar-refractivity contribution in [2.75, 3.05) is 6.61 Å². The Hall–Kier alpha value is 0.170. The minimum absolute atomic E-state index is 0.0553. The Morgan fingerprint density at radius 3 is 2.60 bits per heavy atom. The van der Waals surface area contributed by atoms with Gasteiger partial charge >= 0.3 is 0 Å². The van der Waals surface area contributed by atoms with Crippen molar-refractivity contribution in [1.82, 2.24) is 4.37 Å². The second-order valence-electron chi connectivity index (χ2n) is 1.69. The molecule has 1 aromatic rings. The third-order valence-corrected chi connectivity index (χ3v) is 2.70. The highest BCUT2D eigenvalue weighted by Crippen LogP contribution is 2.29. The summed E-state index contributed by atoms with van der Waals surface area (Å²) < 4.78 is 4.41. The van der Waals surface area contributed by atoms with Crippen LogP contribution in [0.1, 0.15) is 5.69 Å². The largest absolute Gasteiger partial charge is 0.396 e. The zero-order valence-electron chi connectivity index (χ0n) is 4.97. The van der Waals surface area contributed by atoms with E-state index in [4.69, 9.17) is 28.3 Å². The fourth-order valence-electron chi connectivity index (χ4n) is 0.550. The first-order valence-corrected chi connectivity index (χ1v) is 4.19. The summed E-state index contributed by atoms with van der Waals surface area (Å²) in [5.41, 5.74) is 0.680. The zero-order chi connectivity index (χ0) is 7.56. The van der Waals surface area contributed by atoms with Crippen LogP contribution >= 0.6 is 34.7 Å². The molecule has 1 N–H and O–H groups in total. The maximum Gasteiger partial charge on any atom is 0.132 e. The van der Waals surface area contributed by atoms with Crippen LogP contribution in [0.25, 0.3) is 0 Å². The summed E-state index contributed by atoms with van der Waals surface area (Å²) in [6, 6.07) is 0. The van der Waals surface area contributed by atoms with Gasteiger partial charge in [0.25, 0.3) is 0 Å². The van der Waals surface area contributed by atoms with Crippen LogP contribution in [0, 0.1) is 0 Å². The maximum absolute atomic E-state index is 8.52. The minimum Gasteiger partial charge on any atom is -0.396 e. The smallest absolute Gasteiger partial charge is 0.132 e. The van der Waals surface area contributed by atoms with Crippen molar-refractivity contribution in [2.24, 2.45) is 0 Å². The van der Waals surface area contributed by atoms with Crippen LogP contribution < -0.4 is 0 Å². The topological polar surface area (TPSA) is 33.1 Å². The normalized spacial score (nSPS) is 10.3. The van der Waals surface area contributed by atoms with Crippen molar-refractivity contribution < 1.29 is 5.11 Å². The lowest BCUT2D eigenvalue weighted by Gasteiger charge is -1.89. The third-order valence-electron chi connectivity index (χ3n) is 1.01. The van der Waals surface area contributed by atoms with E-state index < -0.39 is 0 Å². The molecule has 0 aliphatic heterocycles. The molecular weight excluding hydrogens is 193 g/mol. The molecule has 0 aliphatic rings. The van der Waals surface area contributed by atoms with E-state index in [1.807, 2.05) is 0 Å². The Morgan fingerprint density at radius 2 is 2.20 bits per heavy atom. The quantitative estimate of drug-likeness (QED) is 0.788. The Kier molecular flexibility index (Phi) is 2.92. The molecule has 10 heavy (non-hydrogen) atoms. The van der Waals surface area contributed by atoms with Crippen LogP contribution in [0.3, 0.4) is 0 Å². The number of aromatic nitrogens is 1. The van der Waals surface area contributed by atoms with Crippen molar-refractivity contribution in [2.45, 2.75) is 6.42 Å². The predicted octanol–water partition coefficient (Wildman–Crippen LogP) is 1.98. The van der Waals surface area contributed by atoms with Gasteiger partial charge in [0.1, 0.15) is 4.34 Å². The summed E-state index contributed by atoms with van der Waals surface area (Å²) in [6.07, 6.45) is 0.474. The Balaban J connectivity index is 2.83. The van der Waals surface area contributed by atoms with Crippen LogP contribution in [-0.2, 0) is 6.42 Å². The maximum atomic E-state index is 8.52. The summed E-state index contributed by atoms with van der Waals surface area (Å²) in [6.45, 7) is 0.0553. The van der Waals surface area contributed by atoms with E-state index in [-0.39, 0.29) is 6.61 Å². The average Bonchev–Trinajstić information content (AvgIpc) is 2.20. The molecule has 0 bridgehead atoms. The van der Waals surface area contributed by atoms with Crippen LogP contribution in [0.5, 0.6) is 0 Å². The second-order valence-corrected chi connectivity index (χ2v) is 3.44. The summed E-state index contributed by atoms with van der Waals surface area (Å²) in [5, 5.41) is 8.99. The number of rotatable bonds is 2. The molecule has 0 aromatic carbocycles. The molecule has 0 unspecified atom stereocenters. The highest BCUT2D eigenvalue weighted by molar-refractivity contribution is 7.11. The molecule has 0 spiro atoms. The van der Waals surface area contributed by atoms with Gasteiger partial charge in [0, 0.05) is 13.0 Å². The van der Waals surface area contributed by atoms with Crippen LogP contribution in [0.15, 0.2) is 0 Å². The van der Waals surface area contributed by atoms with E-state index in [1.54, 1.807) is 0 Å². The molecule has 56 valence electrons. The molecule has 0 radical (unpaired) electrons. The van der Waals surface area contributed by atoms with Gasteiger partial charge in [-0.3, -0.25) is 0 Å². The van der Waals surface area contributed by atoms with E-state index >= 15 is 0 Å². The van der Waals surface area contributed by atoms with E-state index in [0.717, 1.165) is 11.5 Å². The molecule has 2 nitrogen and oxygen atoms in total. The van der Waals surface area contributed by atoms with E-state index in [0.29, 0.717) is 21.5 Å². The molecule has 1 heterocycles. The number of aliphatic hydroxyl groups is 1. The lowest BCUT2D eigenvalue weighted by atomic mass is 10.3. The first-order valence-electron chi connectivity index (χ1n) is 2.66. The van der Waals surface area contributed by atoms with Crippen LogP contribution in [-0.4, -0.2) is 16.1 Å². The predicted molar refractivity (Wildman–Crippen MR) is 42.9 cm³/mol. The highest BCUT2D eigenvalue weighted by Gasteiger charge is 2.07. The van der Waals surface area contributed by atoms with Crippen molar-refractivity contribution in [3.63, 3.8) is 0 Å². The van der Waals surface area contributed by atoms with Gasteiger partial charge in [-0.05, 0) is 11.5 Å². The second kappa shape index (κ2) is 3.53. The number of hydrogen-bond acceptors (Lipinski definition) is 3. The van der Waals surface area contributed by atoms with Gasteiger partial charge in [0.05, 0.1) is 10.7 Å². The lowest BCUT2D eigenvalue weighted by Crippen LogP contribution is -1.90. The van der Waals surface area contributed by atoms with Gasteiger partial charge in [-0.15, -0.1) is 0 Å². The van der Waals surface area contributed by atoms with Crippen molar-refractivity contribution in [3.05, 3.63) is 15.1 Å². The molecule has 0 amide bonds. The fourth-order valence-corrected chi connectivity index (χ4v) is 1.62. The van der Waals surface area contributed by atoms with Crippen LogP contribution in [0.4, 0.5) is 0 Å². The van der Waals surface area contributed by atoms with Crippen molar-refractivity contribution in [1.29, 1.82) is 0 Å². The molecule has 0 saturated carbocycles. The van der Waals surface area contributed by atoms with Gasteiger partial charge in [-0.2, -0.15) is 4.37 Å². The number of halogens is 2. The van der Waals surface area contributed by atoms with Crippen molar-refractivity contribution in [3.8, 4) is 0 Å². The Morgan fingerprint density at radius 1 is 1.50 bits per heavy atom. The molecule has 0 fully saturated rings. The minimum atomic E-state index is 0.0553. The summed E-state index contributed by atoms with van der Waals surface area (Å²) in [7, 11) is 0. The van der Waals surface area contributed by atoms with Crippen LogP contribution in [0.2, 0.25) is 9.36 Å². The van der Waals surface area contributed by atoms with Gasteiger partial charge in [0.15, 0.2) is 0 Å². The third kappa shape index (κ3) is 1.61. The molecule has 1 aromatic heterocycles. The fraction of sp³-hybridized carbons (Fsp3) is 0.400. The Labute approximate surface area is 72.6 Å². The molecule has 1 rings (SSSR count). The molecule has 5 heteroatoms. The first-order chi connectivity index (χ1) is 4.75. The molecule has 0 aliphatic carbocycles. The summed E-state index contributed by atoms with van der Waals surface area (Å²) in [5.74, 6) is 0.